The Labute approximate surface area is 105 Å². The average Bonchev–Trinajstić information content (AvgIpc) is 2.37. The van der Waals surface area contributed by atoms with Gasteiger partial charge in [0.1, 0.15) is 0 Å². The summed E-state index contributed by atoms with van der Waals surface area (Å²) in [6.07, 6.45) is 9.45. The van der Waals surface area contributed by atoms with Gasteiger partial charge in [0.25, 0.3) is 0 Å². The maximum atomic E-state index is 5.79. The molecule has 0 bridgehead atoms. The van der Waals surface area contributed by atoms with Crippen LogP contribution in [0.4, 0.5) is 0 Å². The second-order valence-electron chi connectivity index (χ2n) is 4.06. The van der Waals surface area contributed by atoms with Crippen molar-refractivity contribution in [2.45, 2.75) is 32.3 Å². The van der Waals surface area contributed by atoms with Crippen molar-refractivity contribution in [3.63, 3.8) is 0 Å². The first kappa shape index (κ1) is 13.7. The standard InChI is InChI=1S/C16H22O/c1-3-5-14-17-16(9-4-2)13-12-15-10-7-6-8-11-15/h4,6-8,10-13,16H,2-3,5,9,14H2,1H3/b13-12+. The molecule has 92 valence electrons. The number of rotatable bonds is 8. The third kappa shape index (κ3) is 6.08. The summed E-state index contributed by atoms with van der Waals surface area (Å²) in [5.41, 5.74) is 1.21. The zero-order chi connectivity index (χ0) is 12.3. The third-order valence-corrected chi connectivity index (χ3v) is 2.53. The average molecular weight is 230 g/mol. The van der Waals surface area contributed by atoms with Crippen LogP contribution < -0.4 is 0 Å². The van der Waals surface area contributed by atoms with E-state index in [1.807, 2.05) is 24.3 Å². The lowest BCUT2D eigenvalue weighted by molar-refractivity contribution is 0.0854. The van der Waals surface area contributed by atoms with E-state index in [4.69, 9.17) is 4.74 Å². The van der Waals surface area contributed by atoms with Gasteiger partial charge in [0.05, 0.1) is 6.10 Å². The molecule has 0 aliphatic heterocycles. The van der Waals surface area contributed by atoms with Crippen LogP contribution in [0.5, 0.6) is 0 Å². The molecule has 1 nitrogen and oxygen atoms in total. The van der Waals surface area contributed by atoms with E-state index < -0.39 is 0 Å². The van der Waals surface area contributed by atoms with Gasteiger partial charge in [-0.25, -0.2) is 0 Å². The molecule has 17 heavy (non-hydrogen) atoms. The van der Waals surface area contributed by atoms with Crippen LogP contribution in [-0.2, 0) is 4.74 Å². The number of unbranched alkanes of at least 4 members (excludes halogenated alkanes) is 1. The minimum Gasteiger partial charge on any atom is -0.374 e. The molecule has 0 aliphatic rings. The SMILES string of the molecule is C=CCC(/C=C/c1ccccc1)OCCCC. The molecule has 1 aromatic carbocycles. The fraction of sp³-hybridized carbons (Fsp3) is 0.375. The Morgan fingerprint density at radius 2 is 2.06 bits per heavy atom. The van der Waals surface area contributed by atoms with Crippen molar-refractivity contribution >= 4 is 6.08 Å². The van der Waals surface area contributed by atoms with Crippen molar-refractivity contribution in [2.75, 3.05) is 6.61 Å². The summed E-state index contributed by atoms with van der Waals surface area (Å²) < 4.78 is 5.79. The van der Waals surface area contributed by atoms with E-state index in [0.717, 1.165) is 19.4 Å². The van der Waals surface area contributed by atoms with Gasteiger partial charge in [0, 0.05) is 6.61 Å². The minimum absolute atomic E-state index is 0.152. The highest BCUT2D eigenvalue weighted by molar-refractivity contribution is 5.49. The zero-order valence-electron chi connectivity index (χ0n) is 10.6. The highest BCUT2D eigenvalue weighted by Crippen LogP contribution is 2.07. The van der Waals surface area contributed by atoms with Crippen LogP contribution in [0.25, 0.3) is 6.08 Å². The van der Waals surface area contributed by atoms with Crippen LogP contribution in [-0.4, -0.2) is 12.7 Å². The summed E-state index contributed by atoms with van der Waals surface area (Å²) in [7, 11) is 0. The Hall–Kier alpha value is -1.34. The maximum absolute atomic E-state index is 5.79. The number of hydrogen-bond donors (Lipinski definition) is 0. The smallest absolute Gasteiger partial charge is 0.0793 e. The van der Waals surface area contributed by atoms with E-state index in [9.17, 15) is 0 Å². The van der Waals surface area contributed by atoms with E-state index in [1.165, 1.54) is 12.0 Å². The molecule has 0 aromatic heterocycles. The van der Waals surface area contributed by atoms with Crippen molar-refractivity contribution in [3.8, 4) is 0 Å². The van der Waals surface area contributed by atoms with Gasteiger partial charge in [-0.3, -0.25) is 0 Å². The van der Waals surface area contributed by atoms with Gasteiger partial charge in [-0.05, 0) is 18.4 Å². The molecule has 1 atom stereocenters. The quantitative estimate of drug-likeness (QED) is 0.473. The van der Waals surface area contributed by atoms with Crippen LogP contribution in [0.1, 0.15) is 31.7 Å². The van der Waals surface area contributed by atoms with Gasteiger partial charge in [-0.1, -0.05) is 61.9 Å². The Bertz CT molecular complexity index is 327. The molecule has 1 rings (SSSR count). The van der Waals surface area contributed by atoms with Crippen LogP contribution in [0.2, 0.25) is 0 Å². The lowest BCUT2D eigenvalue weighted by Gasteiger charge is -2.11. The zero-order valence-corrected chi connectivity index (χ0v) is 10.6. The van der Waals surface area contributed by atoms with Crippen LogP contribution in [0.15, 0.2) is 49.1 Å². The molecule has 0 radical (unpaired) electrons. The van der Waals surface area contributed by atoms with E-state index in [0.29, 0.717) is 0 Å². The van der Waals surface area contributed by atoms with Crippen LogP contribution >= 0.6 is 0 Å². The van der Waals surface area contributed by atoms with Crippen molar-refractivity contribution < 1.29 is 4.74 Å². The lowest BCUT2D eigenvalue weighted by atomic mass is 10.1. The Morgan fingerprint density at radius 3 is 2.71 bits per heavy atom. The summed E-state index contributed by atoms with van der Waals surface area (Å²) in [6, 6.07) is 10.3. The molecule has 0 amide bonds. The fourth-order valence-corrected chi connectivity index (χ4v) is 1.53. The first-order chi connectivity index (χ1) is 8.36. The van der Waals surface area contributed by atoms with Crippen molar-refractivity contribution in [3.05, 3.63) is 54.6 Å². The second kappa shape index (κ2) is 8.77. The summed E-state index contributed by atoms with van der Waals surface area (Å²) in [5.74, 6) is 0. The maximum Gasteiger partial charge on any atom is 0.0793 e. The second-order valence-corrected chi connectivity index (χ2v) is 4.06. The number of benzene rings is 1. The van der Waals surface area contributed by atoms with Crippen molar-refractivity contribution in [2.24, 2.45) is 0 Å². The Kier molecular flexibility index (Phi) is 7.08. The van der Waals surface area contributed by atoms with Gasteiger partial charge < -0.3 is 4.74 Å². The van der Waals surface area contributed by atoms with Crippen LogP contribution in [0.3, 0.4) is 0 Å². The largest absolute Gasteiger partial charge is 0.374 e. The van der Waals surface area contributed by atoms with Gasteiger partial charge >= 0.3 is 0 Å². The highest BCUT2D eigenvalue weighted by atomic mass is 16.5. The third-order valence-electron chi connectivity index (χ3n) is 2.53. The Morgan fingerprint density at radius 1 is 1.29 bits per heavy atom. The molecular formula is C16H22O. The molecule has 0 spiro atoms. The minimum atomic E-state index is 0.152. The first-order valence-electron chi connectivity index (χ1n) is 6.32. The summed E-state index contributed by atoms with van der Waals surface area (Å²) >= 11 is 0. The van der Waals surface area contributed by atoms with Gasteiger partial charge in [0.2, 0.25) is 0 Å². The molecule has 0 heterocycles. The van der Waals surface area contributed by atoms with Crippen LogP contribution in [0, 0.1) is 0 Å². The molecule has 1 unspecified atom stereocenters. The van der Waals surface area contributed by atoms with Crippen molar-refractivity contribution in [1.82, 2.24) is 0 Å². The highest BCUT2D eigenvalue weighted by Gasteiger charge is 2.01. The van der Waals surface area contributed by atoms with Gasteiger partial charge in [-0.2, -0.15) is 0 Å². The molecule has 0 saturated carbocycles. The van der Waals surface area contributed by atoms with E-state index in [-0.39, 0.29) is 6.10 Å². The van der Waals surface area contributed by atoms with Gasteiger partial charge in [-0.15, -0.1) is 6.58 Å². The predicted molar refractivity (Wildman–Crippen MR) is 74.9 cm³/mol. The van der Waals surface area contributed by atoms with E-state index in [1.54, 1.807) is 0 Å². The molecule has 1 heteroatoms. The molecule has 0 N–H and O–H groups in total. The summed E-state index contributed by atoms with van der Waals surface area (Å²) in [5, 5.41) is 0. The number of hydrogen-bond acceptors (Lipinski definition) is 1. The molecular weight excluding hydrogens is 208 g/mol. The topological polar surface area (TPSA) is 9.23 Å². The van der Waals surface area contributed by atoms with Gasteiger partial charge in [0.15, 0.2) is 0 Å². The van der Waals surface area contributed by atoms with Crippen molar-refractivity contribution in [1.29, 1.82) is 0 Å². The molecule has 1 aromatic rings. The predicted octanol–water partition coefficient (Wildman–Crippen LogP) is 4.46. The monoisotopic (exact) mass is 230 g/mol. The number of ether oxygens (including phenoxy) is 1. The Balaban J connectivity index is 2.47. The molecule has 0 saturated heterocycles. The first-order valence-corrected chi connectivity index (χ1v) is 6.32. The van der Waals surface area contributed by atoms with E-state index >= 15 is 0 Å². The summed E-state index contributed by atoms with van der Waals surface area (Å²) in [4.78, 5) is 0. The summed E-state index contributed by atoms with van der Waals surface area (Å²) in [6.45, 7) is 6.77. The lowest BCUT2D eigenvalue weighted by Crippen LogP contribution is -2.09. The normalized spacial score (nSPS) is 12.8. The molecule has 0 fully saturated rings. The van der Waals surface area contributed by atoms with E-state index in [2.05, 4.69) is 37.8 Å². The molecule has 0 aliphatic carbocycles. The fourth-order valence-electron chi connectivity index (χ4n) is 1.53.